The second-order valence-electron chi connectivity index (χ2n) is 6.19. The van der Waals surface area contributed by atoms with Crippen LogP contribution in [0.4, 0.5) is 0 Å². The Balaban J connectivity index is 2.21. The molecule has 1 unspecified atom stereocenters. The van der Waals surface area contributed by atoms with E-state index in [-0.39, 0.29) is 11.9 Å². The van der Waals surface area contributed by atoms with Crippen LogP contribution in [-0.2, 0) is 6.54 Å². The zero-order valence-electron chi connectivity index (χ0n) is 14.2. The molecule has 0 spiro atoms. The molecule has 1 aromatic carbocycles. The molecular weight excluding hydrogens is 290 g/mol. The smallest absolute Gasteiger partial charge is 0.257 e. The lowest BCUT2D eigenvalue weighted by Crippen LogP contribution is -2.41. The van der Waals surface area contributed by atoms with Gasteiger partial charge in [-0.25, -0.2) is 0 Å². The summed E-state index contributed by atoms with van der Waals surface area (Å²) in [6, 6.07) is 10.1. The van der Waals surface area contributed by atoms with Crippen molar-refractivity contribution in [3.05, 3.63) is 53.3 Å². The molecule has 0 bridgehead atoms. The van der Waals surface area contributed by atoms with Crippen LogP contribution >= 0.6 is 0 Å². The fourth-order valence-electron chi connectivity index (χ4n) is 2.54. The van der Waals surface area contributed by atoms with Crippen molar-refractivity contribution in [2.45, 2.75) is 46.4 Å². The number of hydrogen-bond donors (Lipinski definition) is 1. The van der Waals surface area contributed by atoms with Gasteiger partial charge in [0.15, 0.2) is 0 Å². The van der Waals surface area contributed by atoms with Gasteiger partial charge in [0.05, 0.1) is 24.4 Å². The lowest BCUT2D eigenvalue weighted by Gasteiger charge is -2.27. The highest BCUT2D eigenvalue weighted by molar-refractivity contribution is 5.95. The molecule has 0 saturated carbocycles. The monoisotopic (exact) mass is 315 g/mol. The summed E-state index contributed by atoms with van der Waals surface area (Å²) >= 11 is 0. The van der Waals surface area contributed by atoms with E-state index in [2.05, 4.69) is 5.10 Å². The predicted octanol–water partition coefficient (Wildman–Crippen LogP) is 2.47. The Morgan fingerprint density at radius 3 is 2.48 bits per heavy atom. The van der Waals surface area contributed by atoms with Gasteiger partial charge < -0.3 is 10.0 Å². The second kappa shape index (κ2) is 7.42. The molecule has 5 heteroatoms. The van der Waals surface area contributed by atoms with Crippen LogP contribution < -0.4 is 0 Å². The average molecular weight is 315 g/mol. The van der Waals surface area contributed by atoms with Gasteiger partial charge in [-0.3, -0.25) is 9.48 Å². The number of aliphatic hydroxyl groups is 1. The molecule has 1 atom stereocenters. The van der Waals surface area contributed by atoms with Crippen molar-refractivity contribution in [3.63, 3.8) is 0 Å². The molecule has 5 nitrogen and oxygen atoms in total. The second-order valence-corrected chi connectivity index (χ2v) is 6.19. The molecule has 0 radical (unpaired) electrons. The SMILES string of the molecule is Cc1c(C(=O)N(CC(C)O)C(C)C)cnn1Cc1ccccc1. The third kappa shape index (κ3) is 4.20. The number of benzene rings is 1. The molecule has 0 aliphatic carbocycles. The predicted molar refractivity (Wildman–Crippen MR) is 90.4 cm³/mol. The van der Waals surface area contributed by atoms with Gasteiger partial charge in [-0.15, -0.1) is 0 Å². The minimum Gasteiger partial charge on any atom is -0.392 e. The molecule has 1 amide bonds. The molecule has 2 rings (SSSR count). The quantitative estimate of drug-likeness (QED) is 0.891. The number of carbonyl (C=O) groups is 1. The molecule has 1 N–H and O–H groups in total. The first-order valence-corrected chi connectivity index (χ1v) is 7.95. The van der Waals surface area contributed by atoms with Gasteiger partial charge in [-0.1, -0.05) is 30.3 Å². The maximum Gasteiger partial charge on any atom is 0.257 e. The number of amides is 1. The Labute approximate surface area is 137 Å². The number of aliphatic hydroxyl groups excluding tert-OH is 1. The molecule has 23 heavy (non-hydrogen) atoms. The molecule has 0 saturated heterocycles. The summed E-state index contributed by atoms with van der Waals surface area (Å²) in [5, 5.41) is 14.0. The van der Waals surface area contributed by atoms with Crippen LogP contribution in [0.3, 0.4) is 0 Å². The average Bonchev–Trinajstić information content (AvgIpc) is 2.86. The maximum absolute atomic E-state index is 12.8. The van der Waals surface area contributed by atoms with Crippen LogP contribution in [0.1, 0.15) is 42.4 Å². The van der Waals surface area contributed by atoms with E-state index in [9.17, 15) is 9.90 Å². The maximum atomic E-state index is 12.8. The first-order chi connectivity index (χ1) is 10.9. The normalized spacial score (nSPS) is 12.4. The Kier molecular flexibility index (Phi) is 5.55. The summed E-state index contributed by atoms with van der Waals surface area (Å²) < 4.78 is 1.84. The van der Waals surface area contributed by atoms with Crippen molar-refractivity contribution in [2.24, 2.45) is 0 Å². The molecule has 0 aliphatic heterocycles. The van der Waals surface area contributed by atoms with Crippen LogP contribution in [0.2, 0.25) is 0 Å². The summed E-state index contributed by atoms with van der Waals surface area (Å²) in [5.41, 5.74) is 2.58. The lowest BCUT2D eigenvalue weighted by molar-refractivity contribution is 0.0578. The highest BCUT2D eigenvalue weighted by Crippen LogP contribution is 2.15. The van der Waals surface area contributed by atoms with Crippen LogP contribution in [0.5, 0.6) is 0 Å². The minimum absolute atomic E-state index is 0.0222. The number of carbonyl (C=O) groups excluding carboxylic acids is 1. The van der Waals surface area contributed by atoms with Gasteiger partial charge >= 0.3 is 0 Å². The van der Waals surface area contributed by atoms with Gasteiger partial charge in [0, 0.05) is 18.3 Å². The van der Waals surface area contributed by atoms with Crippen LogP contribution in [0.15, 0.2) is 36.5 Å². The number of rotatable bonds is 6. The molecule has 0 aliphatic rings. The summed E-state index contributed by atoms with van der Waals surface area (Å²) in [4.78, 5) is 14.5. The summed E-state index contributed by atoms with van der Waals surface area (Å²) in [6.45, 7) is 8.45. The topological polar surface area (TPSA) is 58.4 Å². The first-order valence-electron chi connectivity index (χ1n) is 7.95. The van der Waals surface area contributed by atoms with Crippen molar-refractivity contribution >= 4 is 5.91 Å². The van der Waals surface area contributed by atoms with Crippen molar-refractivity contribution in [1.82, 2.24) is 14.7 Å². The zero-order valence-corrected chi connectivity index (χ0v) is 14.2. The number of nitrogens with zero attached hydrogens (tertiary/aromatic N) is 3. The van der Waals surface area contributed by atoms with Gasteiger partial charge in [0.2, 0.25) is 0 Å². The van der Waals surface area contributed by atoms with E-state index < -0.39 is 6.10 Å². The number of hydrogen-bond acceptors (Lipinski definition) is 3. The Hall–Kier alpha value is -2.14. The molecule has 1 aromatic heterocycles. The molecule has 0 fully saturated rings. The molecular formula is C18H25N3O2. The van der Waals surface area contributed by atoms with Crippen molar-refractivity contribution < 1.29 is 9.90 Å². The zero-order chi connectivity index (χ0) is 17.0. The summed E-state index contributed by atoms with van der Waals surface area (Å²) in [7, 11) is 0. The van der Waals surface area contributed by atoms with Crippen LogP contribution in [0.25, 0.3) is 0 Å². The van der Waals surface area contributed by atoms with E-state index in [1.165, 1.54) is 0 Å². The lowest BCUT2D eigenvalue weighted by atomic mass is 10.1. The Morgan fingerprint density at radius 2 is 1.91 bits per heavy atom. The standard InChI is InChI=1S/C18H25N3O2/c1-13(2)20(11-14(3)22)18(23)17-10-19-21(15(17)4)12-16-8-6-5-7-9-16/h5-10,13-14,22H,11-12H2,1-4H3. The van der Waals surface area contributed by atoms with Crippen LogP contribution in [-0.4, -0.2) is 44.4 Å². The van der Waals surface area contributed by atoms with E-state index in [1.807, 2.05) is 55.8 Å². The van der Waals surface area contributed by atoms with Gasteiger partial charge in [-0.2, -0.15) is 5.10 Å². The third-order valence-electron chi connectivity index (χ3n) is 3.85. The van der Waals surface area contributed by atoms with E-state index in [0.717, 1.165) is 11.3 Å². The van der Waals surface area contributed by atoms with Gasteiger partial charge in [0.1, 0.15) is 0 Å². The van der Waals surface area contributed by atoms with Gasteiger partial charge in [0.25, 0.3) is 5.91 Å². The molecule has 2 aromatic rings. The highest BCUT2D eigenvalue weighted by Gasteiger charge is 2.23. The minimum atomic E-state index is -0.555. The summed E-state index contributed by atoms with van der Waals surface area (Å²) in [5.74, 6) is -0.0855. The summed E-state index contributed by atoms with van der Waals surface area (Å²) in [6.07, 6.45) is 1.07. The molecule has 124 valence electrons. The highest BCUT2D eigenvalue weighted by atomic mass is 16.3. The fourth-order valence-corrected chi connectivity index (χ4v) is 2.54. The molecule has 1 heterocycles. The van der Waals surface area contributed by atoms with Crippen LogP contribution in [0, 0.1) is 6.92 Å². The third-order valence-corrected chi connectivity index (χ3v) is 3.85. The van der Waals surface area contributed by atoms with Crippen molar-refractivity contribution in [2.75, 3.05) is 6.54 Å². The fraction of sp³-hybridized carbons (Fsp3) is 0.444. The van der Waals surface area contributed by atoms with E-state index in [1.54, 1.807) is 18.0 Å². The van der Waals surface area contributed by atoms with Crippen molar-refractivity contribution in [1.29, 1.82) is 0 Å². The number of aromatic nitrogens is 2. The first kappa shape index (κ1) is 17.2. The van der Waals surface area contributed by atoms with E-state index in [0.29, 0.717) is 18.7 Å². The van der Waals surface area contributed by atoms with Gasteiger partial charge in [-0.05, 0) is 33.3 Å². The Morgan fingerprint density at radius 1 is 1.26 bits per heavy atom. The van der Waals surface area contributed by atoms with Crippen molar-refractivity contribution in [3.8, 4) is 0 Å². The largest absolute Gasteiger partial charge is 0.392 e. The van der Waals surface area contributed by atoms with E-state index >= 15 is 0 Å². The van der Waals surface area contributed by atoms with E-state index in [4.69, 9.17) is 0 Å². The Bertz CT molecular complexity index is 648.